The first-order valence-electron chi connectivity index (χ1n) is 9.34. The van der Waals surface area contributed by atoms with Crippen LogP contribution in [0.25, 0.3) is 11.0 Å². The van der Waals surface area contributed by atoms with Crippen LogP contribution in [0, 0.1) is 5.82 Å². The Kier molecular flexibility index (Phi) is 5.47. The number of amides is 1. The van der Waals surface area contributed by atoms with E-state index in [-0.39, 0.29) is 11.7 Å². The Hall–Kier alpha value is -4.07. The number of nitrogens with zero attached hydrogens (tertiary/aromatic N) is 4. The summed E-state index contributed by atoms with van der Waals surface area (Å²) in [6, 6.07) is 13.5. The Balaban J connectivity index is 1.51. The van der Waals surface area contributed by atoms with Crippen LogP contribution in [0.3, 0.4) is 0 Å². The molecule has 0 aliphatic heterocycles. The molecule has 0 radical (unpaired) electrons. The van der Waals surface area contributed by atoms with Gasteiger partial charge in [0.2, 0.25) is 11.9 Å². The first-order chi connectivity index (χ1) is 14.6. The molecule has 30 heavy (non-hydrogen) atoms. The molecule has 0 fully saturated rings. The van der Waals surface area contributed by atoms with E-state index in [1.165, 1.54) is 18.2 Å². The first kappa shape index (κ1) is 19.3. The first-order valence-corrected chi connectivity index (χ1v) is 9.34. The van der Waals surface area contributed by atoms with Crippen molar-refractivity contribution in [1.29, 1.82) is 0 Å². The Labute approximate surface area is 172 Å². The van der Waals surface area contributed by atoms with Crippen molar-refractivity contribution < 1.29 is 9.18 Å². The average Bonchev–Trinajstić information content (AvgIpc) is 3.13. The van der Waals surface area contributed by atoms with Crippen molar-refractivity contribution in [2.24, 2.45) is 0 Å². The van der Waals surface area contributed by atoms with Gasteiger partial charge in [0.25, 0.3) is 0 Å². The zero-order valence-electron chi connectivity index (χ0n) is 16.2. The second kappa shape index (κ2) is 8.52. The highest BCUT2D eigenvalue weighted by atomic mass is 19.1. The smallest absolute Gasteiger partial charge is 0.248 e. The molecule has 0 aliphatic rings. The number of rotatable bonds is 6. The van der Waals surface area contributed by atoms with Crippen LogP contribution in [-0.4, -0.2) is 25.7 Å². The fourth-order valence-corrected chi connectivity index (χ4v) is 2.91. The number of fused-ring (bicyclic) bond motifs is 1. The van der Waals surface area contributed by atoms with E-state index >= 15 is 0 Å². The highest BCUT2D eigenvalue weighted by molar-refractivity contribution is 5.99. The van der Waals surface area contributed by atoms with Gasteiger partial charge in [-0.3, -0.25) is 4.79 Å². The van der Waals surface area contributed by atoms with Crippen molar-refractivity contribution >= 4 is 34.3 Å². The molecule has 150 valence electrons. The van der Waals surface area contributed by atoms with Gasteiger partial charge >= 0.3 is 0 Å². The van der Waals surface area contributed by atoms with Gasteiger partial charge in [0.1, 0.15) is 5.82 Å². The maximum absolute atomic E-state index is 13.1. The molecule has 0 unspecified atom stereocenters. The van der Waals surface area contributed by atoms with Gasteiger partial charge in [0.05, 0.1) is 18.1 Å². The van der Waals surface area contributed by atoms with Gasteiger partial charge in [-0.15, -0.1) is 0 Å². The third-order valence-corrected chi connectivity index (χ3v) is 4.35. The van der Waals surface area contributed by atoms with Gasteiger partial charge in [-0.1, -0.05) is 18.2 Å². The van der Waals surface area contributed by atoms with Gasteiger partial charge in [0, 0.05) is 17.6 Å². The zero-order chi connectivity index (χ0) is 20.9. The quantitative estimate of drug-likeness (QED) is 0.471. The fraction of sp³-hybridized carbons (Fsp3) is 0.0909. The fourth-order valence-electron chi connectivity index (χ4n) is 2.91. The van der Waals surface area contributed by atoms with Crippen molar-refractivity contribution in [3.05, 3.63) is 84.5 Å². The Morgan fingerprint density at radius 2 is 1.80 bits per heavy atom. The molecule has 0 aliphatic carbocycles. The molecule has 7 nitrogen and oxygen atoms in total. The summed E-state index contributed by atoms with van der Waals surface area (Å²) >= 11 is 0. The summed E-state index contributed by atoms with van der Waals surface area (Å²) in [5, 5.41) is 11.1. The van der Waals surface area contributed by atoms with Crippen molar-refractivity contribution in [1.82, 2.24) is 19.7 Å². The van der Waals surface area contributed by atoms with Crippen LogP contribution in [0.2, 0.25) is 0 Å². The van der Waals surface area contributed by atoms with Gasteiger partial charge in [-0.05, 0) is 55.0 Å². The Morgan fingerprint density at radius 1 is 1.07 bits per heavy atom. The summed E-state index contributed by atoms with van der Waals surface area (Å²) in [4.78, 5) is 20.5. The average molecular weight is 402 g/mol. The van der Waals surface area contributed by atoms with Gasteiger partial charge in [-0.2, -0.15) is 10.1 Å². The van der Waals surface area contributed by atoms with Gasteiger partial charge in [-0.25, -0.2) is 14.1 Å². The number of hydrogen-bond donors (Lipinski definition) is 2. The summed E-state index contributed by atoms with van der Waals surface area (Å²) in [5.41, 5.74) is 3.11. The molecule has 2 heterocycles. The molecule has 2 aromatic carbocycles. The van der Waals surface area contributed by atoms with E-state index < -0.39 is 0 Å². The van der Waals surface area contributed by atoms with Crippen LogP contribution < -0.4 is 10.6 Å². The Bertz CT molecular complexity index is 1200. The molecule has 2 aromatic heterocycles. The number of carbonyl (C=O) groups is 1. The number of anilines is 3. The zero-order valence-corrected chi connectivity index (χ0v) is 16.2. The Morgan fingerprint density at radius 3 is 2.53 bits per heavy atom. The van der Waals surface area contributed by atoms with Gasteiger partial charge < -0.3 is 10.6 Å². The number of hydrogen-bond acceptors (Lipinski definition) is 5. The third kappa shape index (κ3) is 4.49. The molecule has 4 rings (SSSR count). The van der Waals surface area contributed by atoms with Crippen LogP contribution in [0.15, 0.2) is 73.1 Å². The molecule has 0 bridgehead atoms. The van der Waals surface area contributed by atoms with Crippen LogP contribution in [0.1, 0.15) is 12.5 Å². The number of allylic oxidation sites excluding steroid dienone is 1. The predicted molar refractivity (Wildman–Crippen MR) is 114 cm³/mol. The molecule has 1 amide bonds. The number of halogens is 1. The van der Waals surface area contributed by atoms with Crippen molar-refractivity contribution in [2.75, 3.05) is 10.6 Å². The second-order valence-electron chi connectivity index (χ2n) is 6.59. The van der Waals surface area contributed by atoms with Crippen molar-refractivity contribution in [3.63, 3.8) is 0 Å². The molecule has 0 saturated heterocycles. The molecule has 2 N–H and O–H groups in total. The lowest BCUT2D eigenvalue weighted by Crippen LogP contribution is -2.08. The summed E-state index contributed by atoms with van der Waals surface area (Å²) < 4.78 is 14.9. The van der Waals surface area contributed by atoms with E-state index in [0.717, 1.165) is 16.6 Å². The lowest BCUT2D eigenvalue weighted by Gasteiger charge is -2.07. The van der Waals surface area contributed by atoms with E-state index in [9.17, 15) is 9.18 Å². The van der Waals surface area contributed by atoms with Crippen molar-refractivity contribution in [2.45, 2.75) is 13.5 Å². The number of benzene rings is 2. The van der Waals surface area contributed by atoms with Crippen LogP contribution in [-0.2, 0) is 11.3 Å². The number of carbonyl (C=O) groups excluding carboxylic acids is 1. The minimum atomic E-state index is -0.303. The van der Waals surface area contributed by atoms with E-state index in [4.69, 9.17) is 0 Å². The van der Waals surface area contributed by atoms with E-state index in [0.29, 0.717) is 23.8 Å². The van der Waals surface area contributed by atoms with Crippen molar-refractivity contribution in [3.8, 4) is 0 Å². The lowest BCUT2D eigenvalue weighted by molar-refractivity contribution is -0.111. The number of aromatic nitrogens is 4. The molecule has 0 atom stereocenters. The molecule has 0 saturated carbocycles. The third-order valence-electron chi connectivity index (χ3n) is 4.35. The minimum Gasteiger partial charge on any atom is -0.324 e. The molecular weight excluding hydrogens is 383 g/mol. The monoisotopic (exact) mass is 402 g/mol. The van der Waals surface area contributed by atoms with E-state index in [2.05, 4.69) is 25.7 Å². The summed E-state index contributed by atoms with van der Waals surface area (Å²) in [6.07, 6.45) is 6.56. The maximum Gasteiger partial charge on any atom is 0.248 e. The van der Waals surface area contributed by atoms with Gasteiger partial charge in [0.15, 0.2) is 5.65 Å². The topological polar surface area (TPSA) is 84.7 Å². The summed E-state index contributed by atoms with van der Waals surface area (Å²) in [5.74, 6) is -0.0680. The lowest BCUT2D eigenvalue weighted by atomic mass is 10.2. The van der Waals surface area contributed by atoms with E-state index in [1.807, 2.05) is 24.3 Å². The largest absolute Gasteiger partial charge is 0.324 e. The number of nitrogens with one attached hydrogen (secondary N) is 2. The SMILES string of the molecule is CC=CC(=O)Nc1ccc(Cn2ncc3cnc(Nc4ccc(F)cc4)nc32)cc1. The second-order valence-corrected chi connectivity index (χ2v) is 6.59. The van der Waals surface area contributed by atoms with Crippen LogP contribution >= 0.6 is 0 Å². The minimum absolute atomic E-state index is 0.166. The maximum atomic E-state index is 13.1. The summed E-state index contributed by atoms with van der Waals surface area (Å²) in [6.45, 7) is 2.31. The highest BCUT2D eigenvalue weighted by Crippen LogP contribution is 2.18. The highest BCUT2D eigenvalue weighted by Gasteiger charge is 2.08. The van der Waals surface area contributed by atoms with Crippen LogP contribution in [0.5, 0.6) is 0 Å². The molecular formula is C22H19FN6O. The standard InChI is InChI=1S/C22H19FN6O/c1-2-3-20(30)26-18-8-4-15(5-9-18)14-29-21-16(13-25-29)12-24-22(28-21)27-19-10-6-17(23)7-11-19/h2-13H,14H2,1H3,(H,26,30)(H,24,27,28). The van der Waals surface area contributed by atoms with Crippen LogP contribution in [0.4, 0.5) is 21.7 Å². The molecule has 8 heteroatoms. The molecule has 4 aromatic rings. The normalized spacial score (nSPS) is 11.1. The summed E-state index contributed by atoms with van der Waals surface area (Å²) in [7, 11) is 0. The predicted octanol–water partition coefficient (Wildman–Crippen LogP) is 4.27. The molecule has 0 spiro atoms. The van der Waals surface area contributed by atoms with E-state index in [1.54, 1.807) is 42.2 Å².